The zero-order valence-electron chi connectivity index (χ0n) is 14.2. The summed E-state index contributed by atoms with van der Waals surface area (Å²) in [4.78, 5) is 12.1. The maximum Gasteiger partial charge on any atom is 0.238 e. The molecule has 1 aliphatic rings. The van der Waals surface area contributed by atoms with Crippen LogP contribution in [0.4, 0.5) is 0 Å². The quantitative estimate of drug-likeness (QED) is 0.841. The number of carbonyl (C=O) groups excluding carboxylic acids is 1. The van der Waals surface area contributed by atoms with Gasteiger partial charge in [-0.2, -0.15) is 0 Å². The maximum absolute atomic E-state index is 12.1. The normalized spacial score (nSPS) is 16.2. The zero-order chi connectivity index (χ0) is 18.0. The zero-order valence-corrected chi connectivity index (χ0v) is 15.8. The fourth-order valence-corrected chi connectivity index (χ4v) is 3.08. The molecule has 25 heavy (non-hydrogen) atoms. The summed E-state index contributed by atoms with van der Waals surface area (Å²) in [6.07, 6.45) is 2.03. The molecule has 1 unspecified atom stereocenters. The second kappa shape index (κ2) is 7.19. The van der Waals surface area contributed by atoms with Crippen LogP contribution in [0, 0.1) is 0 Å². The summed E-state index contributed by atoms with van der Waals surface area (Å²) in [5, 5.41) is 1.61. The summed E-state index contributed by atoms with van der Waals surface area (Å²) in [5.41, 5.74) is 6.04. The molecule has 0 aromatic heterocycles. The van der Waals surface area contributed by atoms with Crippen LogP contribution in [0.2, 0.25) is 0 Å². The molecule has 1 aliphatic heterocycles. The molecule has 0 spiro atoms. The summed E-state index contributed by atoms with van der Waals surface area (Å²) >= 11 is 3.44. The van der Waals surface area contributed by atoms with Gasteiger partial charge in [0.05, 0.1) is 26.0 Å². The first-order chi connectivity index (χ1) is 12.0. The Labute approximate surface area is 155 Å². The van der Waals surface area contributed by atoms with E-state index >= 15 is 0 Å². The summed E-state index contributed by atoms with van der Waals surface area (Å²) in [6, 6.07) is 13.4. The van der Waals surface area contributed by atoms with Crippen LogP contribution in [0.3, 0.4) is 0 Å². The van der Waals surface area contributed by atoms with Crippen molar-refractivity contribution in [1.82, 2.24) is 10.4 Å². The Balaban J connectivity index is 1.99. The van der Waals surface area contributed by atoms with Crippen LogP contribution < -0.4 is 14.9 Å². The molecule has 0 saturated carbocycles. The third kappa shape index (κ3) is 3.49. The molecule has 0 radical (unpaired) electrons. The largest absolute Gasteiger partial charge is 0.493 e. The topological polar surface area (TPSA) is 50.8 Å². The molecule has 1 N–H and O–H groups in total. The predicted molar refractivity (Wildman–Crippen MR) is 100 cm³/mol. The third-order valence-electron chi connectivity index (χ3n) is 4.09. The molecule has 0 aliphatic carbocycles. The predicted octanol–water partition coefficient (Wildman–Crippen LogP) is 3.92. The fourth-order valence-electron chi connectivity index (χ4n) is 2.82. The smallest absolute Gasteiger partial charge is 0.238 e. The average Bonchev–Trinajstić information content (AvgIpc) is 3.07. The third-order valence-corrected chi connectivity index (χ3v) is 4.62. The van der Waals surface area contributed by atoms with Gasteiger partial charge in [-0.15, -0.1) is 0 Å². The van der Waals surface area contributed by atoms with Gasteiger partial charge in [0.1, 0.15) is 0 Å². The lowest BCUT2D eigenvalue weighted by molar-refractivity contribution is -0.132. The standard InChI is InChI=1S/C19H19BrN2O3/c1-12(23)22-17(14-6-9-18(24-2)19(10-14)25-3)11-16(21-22)13-4-7-15(20)8-5-13/h4-11,17,21H,1-3H3. The molecule has 6 heteroatoms. The second-order valence-electron chi connectivity index (χ2n) is 5.65. The summed E-state index contributed by atoms with van der Waals surface area (Å²) in [5.74, 6) is 1.22. The number of benzene rings is 2. The lowest BCUT2D eigenvalue weighted by atomic mass is 10.0. The molecule has 1 heterocycles. The Morgan fingerprint density at radius 1 is 1.08 bits per heavy atom. The van der Waals surface area contributed by atoms with Crippen molar-refractivity contribution in [3.63, 3.8) is 0 Å². The van der Waals surface area contributed by atoms with Gasteiger partial charge in [-0.25, -0.2) is 5.01 Å². The number of hydrogen-bond acceptors (Lipinski definition) is 4. The Kier molecular flexibility index (Phi) is 4.99. The number of nitrogens with zero attached hydrogens (tertiary/aromatic N) is 1. The molecule has 3 rings (SSSR count). The molecule has 1 amide bonds. The van der Waals surface area contributed by atoms with Gasteiger partial charge in [-0.3, -0.25) is 10.2 Å². The molecule has 5 nitrogen and oxygen atoms in total. The van der Waals surface area contributed by atoms with Crippen molar-refractivity contribution in [3.8, 4) is 11.5 Å². The van der Waals surface area contributed by atoms with Crippen LogP contribution in [0.25, 0.3) is 5.70 Å². The van der Waals surface area contributed by atoms with Crippen LogP contribution in [-0.2, 0) is 4.79 Å². The number of halogens is 1. The highest BCUT2D eigenvalue weighted by Gasteiger charge is 2.29. The molecule has 0 fully saturated rings. The Hall–Kier alpha value is -2.47. The van der Waals surface area contributed by atoms with Gasteiger partial charge >= 0.3 is 0 Å². The molecule has 0 saturated heterocycles. The number of nitrogens with one attached hydrogen (secondary N) is 1. The average molecular weight is 403 g/mol. The van der Waals surface area contributed by atoms with Gasteiger partial charge in [0, 0.05) is 11.4 Å². The van der Waals surface area contributed by atoms with Crippen LogP contribution in [0.1, 0.15) is 24.1 Å². The van der Waals surface area contributed by atoms with Crippen molar-refractivity contribution < 1.29 is 14.3 Å². The van der Waals surface area contributed by atoms with E-state index < -0.39 is 0 Å². The highest BCUT2D eigenvalue weighted by atomic mass is 79.9. The molecule has 0 bridgehead atoms. The summed E-state index contributed by atoms with van der Waals surface area (Å²) in [7, 11) is 3.20. The van der Waals surface area contributed by atoms with Crippen molar-refractivity contribution >= 4 is 27.5 Å². The van der Waals surface area contributed by atoms with E-state index in [0.717, 1.165) is 21.3 Å². The van der Waals surface area contributed by atoms with Crippen molar-refractivity contribution in [1.29, 1.82) is 0 Å². The molecular formula is C19H19BrN2O3. The van der Waals surface area contributed by atoms with Crippen LogP contribution in [0.5, 0.6) is 11.5 Å². The molecular weight excluding hydrogens is 384 g/mol. The van der Waals surface area contributed by atoms with Gasteiger partial charge in [0.25, 0.3) is 0 Å². The number of hydrazine groups is 1. The second-order valence-corrected chi connectivity index (χ2v) is 6.56. The van der Waals surface area contributed by atoms with Crippen molar-refractivity contribution in [2.75, 3.05) is 14.2 Å². The summed E-state index contributed by atoms with van der Waals surface area (Å²) in [6.45, 7) is 1.54. The highest BCUT2D eigenvalue weighted by Crippen LogP contribution is 2.36. The lowest BCUT2D eigenvalue weighted by Gasteiger charge is -2.24. The highest BCUT2D eigenvalue weighted by molar-refractivity contribution is 9.10. The van der Waals surface area contributed by atoms with Gasteiger partial charge in [0.2, 0.25) is 5.91 Å². The first kappa shape index (κ1) is 17.4. The van der Waals surface area contributed by atoms with Crippen LogP contribution in [0.15, 0.2) is 53.0 Å². The van der Waals surface area contributed by atoms with E-state index in [0.29, 0.717) is 11.5 Å². The molecule has 130 valence electrons. The number of hydrogen-bond donors (Lipinski definition) is 1. The van der Waals surface area contributed by atoms with Crippen molar-refractivity contribution in [2.45, 2.75) is 13.0 Å². The van der Waals surface area contributed by atoms with Gasteiger partial charge in [-0.05, 0) is 41.5 Å². The Bertz CT molecular complexity index is 818. The maximum atomic E-state index is 12.1. The monoisotopic (exact) mass is 402 g/mol. The Morgan fingerprint density at radius 2 is 1.76 bits per heavy atom. The number of ether oxygens (including phenoxy) is 2. The molecule has 2 aromatic rings. The number of methoxy groups -OCH3 is 2. The van der Waals surface area contributed by atoms with Gasteiger partial charge < -0.3 is 9.47 Å². The van der Waals surface area contributed by atoms with Crippen LogP contribution >= 0.6 is 15.9 Å². The van der Waals surface area contributed by atoms with Crippen molar-refractivity contribution in [3.05, 3.63) is 64.1 Å². The fraction of sp³-hybridized carbons (Fsp3) is 0.211. The van der Waals surface area contributed by atoms with Gasteiger partial charge in [0.15, 0.2) is 11.5 Å². The Morgan fingerprint density at radius 3 is 2.36 bits per heavy atom. The van der Waals surface area contributed by atoms with E-state index in [9.17, 15) is 4.79 Å². The first-order valence-corrected chi connectivity index (χ1v) is 8.59. The minimum Gasteiger partial charge on any atom is -0.493 e. The number of amides is 1. The first-order valence-electron chi connectivity index (χ1n) is 7.79. The molecule has 1 atom stereocenters. The van der Waals surface area contributed by atoms with E-state index in [1.165, 1.54) is 0 Å². The van der Waals surface area contributed by atoms with E-state index in [1.54, 1.807) is 26.2 Å². The SMILES string of the molecule is COc1ccc(C2C=C(c3ccc(Br)cc3)NN2C(C)=O)cc1OC. The van der Waals surface area contributed by atoms with Gasteiger partial charge in [-0.1, -0.05) is 34.1 Å². The van der Waals surface area contributed by atoms with Crippen molar-refractivity contribution in [2.24, 2.45) is 0 Å². The minimum atomic E-state index is -0.226. The molecule has 2 aromatic carbocycles. The van der Waals surface area contributed by atoms with E-state index in [1.807, 2.05) is 48.5 Å². The lowest BCUT2D eigenvalue weighted by Crippen LogP contribution is -2.37. The van der Waals surface area contributed by atoms with Crippen LogP contribution in [-0.4, -0.2) is 25.1 Å². The minimum absolute atomic E-state index is 0.0665. The number of rotatable bonds is 4. The van der Waals surface area contributed by atoms with E-state index in [2.05, 4.69) is 21.4 Å². The number of carbonyl (C=O) groups is 1. The van der Waals surface area contributed by atoms with E-state index in [-0.39, 0.29) is 11.9 Å². The summed E-state index contributed by atoms with van der Waals surface area (Å²) < 4.78 is 11.7. The van der Waals surface area contributed by atoms with E-state index in [4.69, 9.17) is 9.47 Å².